The smallest absolute Gasteiger partial charge is 0.328 e. The number of nitrogens with one attached hydrogen (secondary N) is 1. The number of ether oxygens (including phenoxy) is 1. The van der Waals surface area contributed by atoms with Crippen molar-refractivity contribution in [3.8, 4) is 11.4 Å². The third kappa shape index (κ3) is 5.40. The van der Waals surface area contributed by atoms with Gasteiger partial charge >= 0.3 is 5.97 Å². The zero-order chi connectivity index (χ0) is 19.1. The Morgan fingerprint density at radius 1 is 1.19 bits per heavy atom. The number of aromatic nitrogens is 2. The Balaban J connectivity index is 1.88. The Morgan fingerprint density at radius 2 is 1.88 bits per heavy atom. The van der Waals surface area contributed by atoms with Crippen molar-refractivity contribution in [1.29, 1.82) is 0 Å². The molecule has 1 amide bonds. The number of hydrogen-bond donors (Lipinski definition) is 1. The van der Waals surface area contributed by atoms with Crippen molar-refractivity contribution < 1.29 is 18.8 Å². The van der Waals surface area contributed by atoms with Crippen molar-refractivity contribution in [1.82, 2.24) is 15.5 Å². The van der Waals surface area contributed by atoms with E-state index in [9.17, 15) is 9.59 Å². The molecule has 7 heteroatoms. The van der Waals surface area contributed by atoms with Gasteiger partial charge in [-0.15, -0.1) is 0 Å². The third-order valence-corrected chi connectivity index (χ3v) is 3.89. The fourth-order valence-electron chi connectivity index (χ4n) is 2.35. The van der Waals surface area contributed by atoms with E-state index in [0.29, 0.717) is 24.1 Å². The number of nitrogens with zero attached hydrogens (tertiary/aromatic N) is 2. The first kappa shape index (κ1) is 19.6. The second kappa shape index (κ2) is 9.12. The molecule has 1 aromatic heterocycles. The van der Waals surface area contributed by atoms with Gasteiger partial charge in [-0.25, -0.2) is 4.79 Å². The van der Waals surface area contributed by atoms with Crippen LogP contribution in [-0.2, 0) is 20.7 Å². The van der Waals surface area contributed by atoms with Gasteiger partial charge in [-0.3, -0.25) is 4.79 Å². The molecule has 0 saturated carbocycles. The van der Waals surface area contributed by atoms with E-state index in [-0.39, 0.29) is 18.9 Å². The lowest BCUT2D eigenvalue weighted by Gasteiger charge is -2.11. The molecule has 0 radical (unpaired) electrons. The normalized spacial score (nSPS) is 12.0. The van der Waals surface area contributed by atoms with Gasteiger partial charge in [-0.05, 0) is 25.3 Å². The van der Waals surface area contributed by atoms with Crippen molar-refractivity contribution in [2.24, 2.45) is 0 Å². The van der Waals surface area contributed by atoms with Crippen LogP contribution in [0.2, 0.25) is 0 Å². The molecule has 1 N–H and O–H groups in total. The molecule has 2 rings (SSSR count). The Bertz CT molecular complexity index is 737. The SMILES string of the molecule is CCOC(=O)C(C)NC(=O)CCc1nc(-c2ccc(C(C)C)cc2)no1. The van der Waals surface area contributed by atoms with E-state index in [1.807, 2.05) is 24.3 Å². The van der Waals surface area contributed by atoms with Gasteiger partial charge in [-0.2, -0.15) is 4.98 Å². The number of amides is 1. The Labute approximate surface area is 153 Å². The Kier molecular flexibility index (Phi) is 6.89. The molecule has 0 saturated heterocycles. The lowest BCUT2D eigenvalue weighted by Crippen LogP contribution is -2.39. The van der Waals surface area contributed by atoms with Crippen LogP contribution in [0.3, 0.4) is 0 Å². The van der Waals surface area contributed by atoms with Gasteiger partial charge in [0.1, 0.15) is 6.04 Å². The van der Waals surface area contributed by atoms with E-state index in [2.05, 4.69) is 29.3 Å². The molecule has 140 valence electrons. The van der Waals surface area contributed by atoms with Crippen LogP contribution >= 0.6 is 0 Å². The predicted octanol–water partition coefficient (Wildman–Crippen LogP) is 2.86. The van der Waals surface area contributed by atoms with Crippen LogP contribution < -0.4 is 5.32 Å². The summed E-state index contributed by atoms with van der Waals surface area (Å²) in [7, 11) is 0. The van der Waals surface area contributed by atoms with Crippen molar-refractivity contribution in [2.75, 3.05) is 6.61 Å². The van der Waals surface area contributed by atoms with Crippen LogP contribution in [0.1, 0.15) is 51.5 Å². The van der Waals surface area contributed by atoms with Gasteiger partial charge in [0, 0.05) is 18.4 Å². The molecule has 26 heavy (non-hydrogen) atoms. The first-order valence-electron chi connectivity index (χ1n) is 8.79. The summed E-state index contributed by atoms with van der Waals surface area (Å²) in [5.41, 5.74) is 2.11. The summed E-state index contributed by atoms with van der Waals surface area (Å²) in [5.74, 6) is 0.611. The van der Waals surface area contributed by atoms with E-state index in [1.165, 1.54) is 5.56 Å². The Hall–Kier alpha value is -2.70. The van der Waals surface area contributed by atoms with E-state index in [0.717, 1.165) is 5.56 Å². The first-order valence-corrected chi connectivity index (χ1v) is 8.79. The number of carbonyl (C=O) groups is 2. The van der Waals surface area contributed by atoms with Crippen LogP contribution in [-0.4, -0.2) is 34.7 Å². The minimum atomic E-state index is -0.680. The lowest BCUT2D eigenvalue weighted by atomic mass is 10.0. The summed E-state index contributed by atoms with van der Waals surface area (Å²) in [6.07, 6.45) is 0.454. The largest absolute Gasteiger partial charge is 0.464 e. The first-order chi connectivity index (χ1) is 12.4. The van der Waals surface area contributed by atoms with Crippen LogP contribution in [0.4, 0.5) is 0 Å². The molecular weight excluding hydrogens is 334 g/mol. The van der Waals surface area contributed by atoms with Gasteiger partial charge in [0.2, 0.25) is 17.6 Å². The minimum absolute atomic E-state index is 0.150. The molecular formula is C19H25N3O4. The second-order valence-electron chi connectivity index (χ2n) is 6.33. The fraction of sp³-hybridized carbons (Fsp3) is 0.474. The summed E-state index contributed by atoms with van der Waals surface area (Å²) < 4.78 is 10.1. The fourth-order valence-corrected chi connectivity index (χ4v) is 2.35. The maximum atomic E-state index is 11.9. The Morgan fingerprint density at radius 3 is 2.50 bits per heavy atom. The summed E-state index contributed by atoms with van der Waals surface area (Å²) in [6.45, 7) is 7.85. The van der Waals surface area contributed by atoms with Crippen molar-refractivity contribution in [3.63, 3.8) is 0 Å². The summed E-state index contributed by atoms with van der Waals surface area (Å²) in [6, 6.07) is 7.32. The number of esters is 1. The van der Waals surface area contributed by atoms with Crippen LogP contribution in [0.5, 0.6) is 0 Å². The predicted molar refractivity (Wildman–Crippen MR) is 96.4 cm³/mol. The van der Waals surface area contributed by atoms with E-state index in [4.69, 9.17) is 9.26 Å². The second-order valence-corrected chi connectivity index (χ2v) is 6.33. The monoisotopic (exact) mass is 359 g/mol. The van der Waals surface area contributed by atoms with Crippen LogP contribution in [0, 0.1) is 0 Å². The minimum Gasteiger partial charge on any atom is -0.464 e. The third-order valence-electron chi connectivity index (χ3n) is 3.89. The van der Waals surface area contributed by atoms with Gasteiger partial charge in [0.15, 0.2) is 0 Å². The molecule has 1 aromatic carbocycles. The van der Waals surface area contributed by atoms with Crippen LogP contribution in [0.25, 0.3) is 11.4 Å². The van der Waals surface area contributed by atoms with E-state index in [1.54, 1.807) is 13.8 Å². The molecule has 0 aliphatic heterocycles. The molecule has 1 atom stereocenters. The highest BCUT2D eigenvalue weighted by atomic mass is 16.5. The molecule has 2 aromatic rings. The highest BCUT2D eigenvalue weighted by Crippen LogP contribution is 2.20. The summed E-state index contributed by atoms with van der Waals surface area (Å²) in [4.78, 5) is 27.7. The summed E-state index contributed by atoms with van der Waals surface area (Å²) >= 11 is 0. The van der Waals surface area contributed by atoms with Crippen molar-refractivity contribution >= 4 is 11.9 Å². The lowest BCUT2D eigenvalue weighted by molar-refractivity contribution is -0.146. The van der Waals surface area contributed by atoms with Crippen molar-refractivity contribution in [3.05, 3.63) is 35.7 Å². The molecule has 1 unspecified atom stereocenters. The maximum absolute atomic E-state index is 11.9. The number of carbonyl (C=O) groups excluding carboxylic acids is 2. The standard InChI is InChI=1S/C19H25N3O4/c1-5-25-19(24)13(4)20-16(23)10-11-17-21-18(22-26-17)15-8-6-14(7-9-15)12(2)3/h6-9,12-13H,5,10-11H2,1-4H3,(H,20,23). The van der Waals surface area contributed by atoms with Gasteiger partial charge in [-0.1, -0.05) is 43.3 Å². The quantitative estimate of drug-likeness (QED) is 0.728. The van der Waals surface area contributed by atoms with E-state index >= 15 is 0 Å². The molecule has 1 heterocycles. The molecule has 0 bridgehead atoms. The average Bonchev–Trinajstić information content (AvgIpc) is 3.09. The van der Waals surface area contributed by atoms with E-state index < -0.39 is 12.0 Å². The zero-order valence-corrected chi connectivity index (χ0v) is 15.6. The zero-order valence-electron chi connectivity index (χ0n) is 15.6. The average molecular weight is 359 g/mol. The molecule has 0 fully saturated rings. The molecule has 0 aliphatic rings. The number of benzene rings is 1. The number of hydrogen-bond acceptors (Lipinski definition) is 6. The highest BCUT2D eigenvalue weighted by Gasteiger charge is 2.17. The highest BCUT2D eigenvalue weighted by molar-refractivity contribution is 5.84. The summed E-state index contributed by atoms with van der Waals surface area (Å²) in [5, 5.41) is 6.55. The number of aryl methyl sites for hydroxylation is 1. The molecule has 7 nitrogen and oxygen atoms in total. The topological polar surface area (TPSA) is 94.3 Å². The molecule has 0 aliphatic carbocycles. The van der Waals surface area contributed by atoms with Gasteiger partial charge in [0.05, 0.1) is 6.61 Å². The van der Waals surface area contributed by atoms with Gasteiger partial charge < -0.3 is 14.6 Å². The maximum Gasteiger partial charge on any atom is 0.328 e. The molecule has 0 spiro atoms. The van der Waals surface area contributed by atoms with Crippen LogP contribution in [0.15, 0.2) is 28.8 Å². The van der Waals surface area contributed by atoms with Gasteiger partial charge in [0.25, 0.3) is 0 Å². The number of rotatable bonds is 8. The van der Waals surface area contributed by atoms with Crippen molar-refractivity contribution in [2.45, 2.75) is 52.5 Å².